The minimum absolute atomic E-state index is 0.261. The fourth-order valence-electron chi connectivity index (χ4n) is 3.73. The van der Waals surface area contributed by atoms with Crippen molar-refractivity contribution in [1.29, 1.82) is 0 Å². The maximum Gasteiger partial charge on any atom is 0.230 e. The molecule has 1 unspecified atom stereocenters. The van der Waals surface area contributed by atoms with E-state index in [1.54, 1.807) is 7.11 Å². The molecule has 1 aromatic heterocycles. The van der Waals surface area contributed by atoms with Crippen molar-refractivity contribution in [2.75, 3.05) is 53.0 Å². The fraction of sp³-hybridized carbons (Fsp3) is 0.667. The number of hydrogen-bond acceptors (Lipinski definition) is 5. The highest BCUT2D eigenvalue weighted by Crippen LogP contribution is 2.32. The van der Waals surface area contributed by atoms with Gasteiger partial charge in [-0.1, -0.05) is 0 Å². The molecule has 0 spiro atoms. The highest BCUT2D eigenvalue weighted by Gasteiger charge is 2.43. The zero-order valence-corrected chi connectivity index (χ0v) is 14.5. The Morgan fingerprint density at radius 3 is 2.67 bits per heavy atom. The van der Waals surface area contributed by atoms with Crippen LogP contribution in [0.2, 0.25) is 0 Å². The molecule has 0 bridgehead atoms. The van der Waals surface area contributed by atoms with E-state index in [0.717, 1.165) is 58.7 Å². The van der Waals surface area contributed by atoms with Gasteiger partial charge in [0.1, 0.15) is 0 Å². The molecule has 0 aromatic carbocycles. The fourth-order valence-corrected chi connectivity index (χ4v) is 3.73. The van der Waals surface area contributed by atoms with Crippen LogP contribution in [0.25, 0.3) is 0 Å². The van der Waals surface area contributed by atoms with Gasteiger partial charge in [0.25, 0.3) is 0 Å². The Kier molecular flexibility index (Phi) is 5.81. The summed E-state index contributed by atoms with van der Waals surface area (Å²) in [5, 5.41) is 3.36. The lowest BCUT2D eigenvalue weighted by atomic mass is 9.82. The number of methoxy groups -OCH3 is 1. The number of piperazine rings is 1. The van der Waals surface area contributed by atoms with E-state index in [0.29, 0.717) is 12.5 Å². The molecule has 0 saturated carbocycles. The summed E-state index contributed by atoms with van der Waals surface area (Å²) in [4.78, 5) is 21.6. The van der Waals surface area contributed by atoms with Crippen LogP contribution in [-0.4, -0.2) is 73.7 Å². The van der Waals surface area contributed by atoms with Crippen molar-refractivity contribution in [3.05, 3.63) is 30.1 Å². The van der Waals surface area contributed by atoms with E-state index < -0.39 is 0 Å². The highest BCUT2D eigenvalue weighted by molar-refractivity contribution is 5.83. The van der Waals surface area contributed by atoms with Crippen molar-refractivity contribution in [3.63, 3.8) is 0 Å². The topological polar surface area (TPSA) is 57.7 Å². The van der Waals surface area contributed by atoms with E-state index in [2.05, 4.69) is 32.2 Å². The lowest BCUT2D eigenvalue weighted by molar-refractivity contribution is -0.144. The number of nitrogens with one attached hydrogen (secondary N) is 1. The van der Waals surface area contributed by atoms with Crippen LogP contribution < -0.4 is 5.32 Å². The van der Waals surface area contributed by atoms with Crippen LogP contribution >= 0.6 is 0 Å². The third kappa shape index (κ3) is 3.94. The second kappa shape index (κ2) is 8.05. The molecule has 1 amide bonds. The van der Waals surface area contributed by atoms with Gasteiger partial charge in [0.2, 0.25) is 5.91 Å². The van der Waals surface area contributed by atoms with E-state index in [9.17, 15) is 4.79 Å². The quantitative estimate of drug-likeness (QED) is 0.833. The molecule has 0 aliphatic carbocycles. The summed E-state index contributed by atoms with van der Waals surface area (Å²) in [7, 11) is 1.71. The van der Waals surface area contributed by atoms with Crippen LogP contribution in [0.15, 0.2) is 24.5 Å². The van der Waals surface area contributed by atoms with Crippen LogP contribution in [0.1, 0.15) is 18.4 Å². The summed E-state index contributed by atoms with van der Waals surface area (Å²) in [6, 6.07) is 4.11. The van der Waals surface area contributed by atoms with Crippen molar-refractivity contribution in [1.82, 2.24) is 20.1 Å². The number of pyridine rings is 1. The van der Waals surface area contributed by atoms with Gasteiger partial charge in [-0.3, -0.25) is 14.7 Å². The number of carbonyl (C=O) groups is 1. The smallest absolute Gasteiger partial charge is 0.230 e. The molecule has 6 heteroatoms. The molecule has 24 heavy (non-hydrogen) atoms. The average Bonchev–Trinajstić information content (AvgIpc) is 3.11. The molecule has 2 aliphatic heterocycles. The first-order valence-corrected chi connectivity index (χ1v) is 8.84. The molecule has 1 aromatic rings. The normalized spacial score (nSPS) is 25.1. The highest BCUT2D eigenvalue weighted by atomic mass is 16.5. The summed E-state index contributed by atoms with van der Waals surface area (Å²) < 4.78 is 5.24. The molecular formula is C18H28N4O2. The summed E-state index contributed by atoms with van der Waals surface area (Å²) in [5.41, 5.74) is 1.02. The number of nitrogens with zero attached hydrogens (tertiary/aromatic N) is 3. The molecule has 2 saturated heterocycles. The van der Waals surface area contributed by atoms with Crippen LogP contribution in [-0.2, 0) is 16.1 Å². The summed E-state index contributed by atoms with van der Waals surface area (Å²) in [5.74, 6) is 0.313. The predicted octanol–water partition coefficient (Wildman–Crippen LogP) is 0.742. The van der Waals surface area contributed by atoms with E-state index >= 15 is 0 Å². The monoisotopic (exact) mass is 332 g/mol. The van der Waals surface area contributed by atoms with Crippen LogP contribution in [0.5, 0.6) is 0 Å². The van der Waals surface area contributed by atoms with Gasteiger partial charge in [-0.25, -0.2) is 0 Å². The molecule has 1 N–H and O–H groups in total. The molecule has 132 valence electrons. The van der Waals surface area contributed by atoms with E-state index in [-0.39, 0.29) is 5.41 Å². The number of carbonyl (C=O) groups excluding carboxylic acids is 1. The Balaban J connectivity index is 1.54. The Morgan fingerprint density at radius 1 is 1.29 bits per heavy atom. The lowest BCUT2D eigenvalue weighted by Gasteiger charge is -2.39. The third-order valence-electron chi connectivity index (χ3n) is 5.30. The van der Waals surface area contributed by atoms with Gasteiger partial charge in [-0.05, 0) is 37.1 Å². The Hall–Kier alpha value is -1.50. The lowest BCUT2D eigenvalue weighted by Crippen LogP contribution is -2.53. The largest absolute Gasteiger partial charge is 0.385 e. The number of aromatic nitrogens is 1. The first kappa shape index (κ1) is 17.3. The number of rotatable bonds is 6. The van der Waals surface area contributed by atoms with E-state index in [1.807, 2.05) is 12.4 Å². The number of hydrogen-bond donors (Lipinski definition) is 1. The van der Waals surface area contributed by atoms with Gasteiger partial charge in [0, 0.05) is 65.4 Å². The Bertz CT molecular complexity index is 523. The molecule has 3 heterocycles. The molecule has 1 atom stereocenters. The van der Waals surface area contributed by atoms with Gasteiger partial charge in [-0.2, -0.15) is 0 Å². The Morgan fingerprint density at radius 2 is 2.04 bits per heavy atom. The Labute approximate surface area is 144 Å². The maximum atomic E-state index is 13.1. The molecule has 0 radical (unpaired) electrons. The van der Waals surface area contributed by atoms with Gasteiger partial charge in [0.05, 0.1) is 5.41 Å². The van der Waals surface area contributed by atoms with Gasteiger partial charge in [0.15, 0.2) is 0 Å². The van der Waals surface area contributed by atoms with E-state index in [1.165, 1.54) is 5.56 Å². The standard InChI is InChI=1S/C18H28N4O2/c1-24-13-5-18(4-8-20-15-18)17(23)22-11-9-21(10-12-22)14-16-2-6-19-7-3-16/h2-3,6-7,20H,4-5,8-15H2,1H3. The minimum Gasteiger partial charge on any atom is -0.385 e. The second-order valence-corrected chi connectivity index (χ2v) is 6.87. The van der Waals surface area contributed by atoms with Gasteiger partial charge >= 0.3 is 0 Å². The van der Waals surface area contributed by atoms with Gasteiger partial charge < -0.3 is 15.0 Å². The first-order valence-electron chi connectivity index (χ1n) is 8.84. The molecule has 3 rings (SSSR count). The summed E-state index contributed by atoms with van der Waals surface area (Å²) in [6.07, 6.45) is 5.41. The molecule has 6 nitrogen and oxygen atoms in total. The van der Waals surface area contributed by atoms with Crippen molar-refractivity contribution in [2.45, 2.75) is 19.4 Å². The van der Waals surface area contributed by atoms with Crippen molar-refractivity contribution in [2.24, 2.45) is 5.41 Å². The zero-order chi connectivity index (χ0) is 16.8. The summed E-state index contributed by atoms with van der Waals surface area (Å²) in [6.45, 7) is 6.79. The minimum atomic E-state index is -0.261. The van der Waals surface area contributed by atoms with Crippen molar-refractivity contribution >= 4 is 5.91 Å². The first-order chi connectivity index (χ1) is 11.7. The average molecular weight is 332 g/mol. The van der Waals surface area contributed by atoms with Crippen molar-refractivity contribution in [3.8, 4) is 0 Å². The number of amides is 1. The van der Waals surface area contributed by atoms with E-state index in [4.69, 9.17) is 4.74 Å². The summed E-state index contributed by atoms with van der Waals surface area (Å²) >= 11 is 0. The SMILES string of the molecule is COCCC1(C(=O)N2CCN(Cc3ccncc3)CC2)CCNC1. The molecular weight excluding hydrogens is 304 g/mol. The number of ether oxygens (including phenoxy) is 1. The predicted molar refractivity (Wildman–Crippen MR) is 92.5 cm³/mol. The second-order valence-electron chi connectivity index (χ2n) is 6.87. The van der Waals surface area contributed by atoms with Crippen molar-refractivity contribution < 1.29 is 9.53 Å². The maximum absolute atomic E-state index is 13.1. The van der Waals surface area contributed by atoms with Crippen LogP contribution in [0.3, 0.4) is 0 Å². The van der Waals surface area contributed by atoms with Crippen LogP contribution in [0.4, 0.5) is 0 Å². The zero-order valence-electron chi connectivity index (χ0n) is 14.5. The molecule has 2 aliphatic rings. The van der Waals surface area contributed by atoms with Gasteiger partial charge in [-0.15, -0.1) is 0 Å². The third-order valence-corrected chi connectivity index (χ3v) is 5.30. The molecule has 2 fully saturated rings. The van der Waals surface area contributed by atoms with Crippen LogP contribution in [0, 0.1) is 5.41 Å².